The van der Waals surface area contributed by atoms with Gasteiger partial charge in [0.1, 0.15) is 24.9 Å². The number of benzene rings is 1. The van der Waals surface area contributed by atoms with Gasteiger partial charge in [0.05, 0.1) is 22.3 Å². The van der Waals surface area contributed by atoms with Gasteiger partial charge in [-0.1, -0.05) is 0 Å². The lowest BCUT2D eigenvalue weighted by Crippen LogP contribution is -2.48. The third kappa shape index (κ3) is 5.30. The lowest BCUT2D eigenvalue weighted by Gasteiger charge is -2.25. The molecule has 13 nitrogen and oxygen atoms in total. The Balaban J connectivity index is 1.64. The van der Waals surface area contributed by atoms with Gasteiger partial charge in [-0.25, -0.2) is 9.59 Å². The Bertz CT molecular complexity index is 882. The summed E-state index contributed by atoms with van der Waals surface area (Å²) in [6.07, 6.45) is -3.20. The van der Waals surface area contributed by atoms with Crippen LogP contribution in [0.1, 0.15) is 24.2 Å². The first kappa shape index (κ1) is 23.8. The molecule has 0 aromatic heterocycles. The Labute approximate surface area is 187 Å². The van der Waals surface area contributed by atoms with Gasteiger partial charge in [-0.3, -0.25) is 10.1 Å². The average molecular weight is 473 g/mol. The van der Waals surface area contributed by atoms with Gasteiger partial charge >= 0.3 is 12.0 Å². The normalized spacial score (nSPS) is 25.6. The van der Waals surface area contributed by atoms with E-state index < -0.39 is 47.3 Å². The highest BCUT2D eigenvalue weighted by Gasteiger charge is 2.56. The number of nitroso groups, excluding NO2 is 1. The Hall–Kier alpha value is -2.87. The number of carbonyl (C=O) groups excluding carboxylic acids is 2. The topological polar surface area (TPSA) is 159 Å². The lowest BCUT2D eigenvalue weighted by molar-refractivity contribution is -0.384. The van der Waals surface area contributed by atoms with Crippen LogP contribution in [-0.4, -0.2) is 71.3 Å². The summed E-state index contributed by atoms with van der Waals surface area (Å²) in [4.78, 5) is 45.6. The minimum atomic E-state index is -1.00. The van der Waals surface area contributed by atoms with Gasteiger partial charge in [-0.2, -0.15) is 5.01 Å². The van der Waals surface area contributed by atoms with Crippen LogP contribution in [0, 0.1) is 15.0 Å². The fraction of sp³-hybridized carbons (Fsp3) is 0.556. The number of fused-ring (bicyclic) bond motifs is 1. The maximum Gasteiger partial charge on any atom is 0.342 e. The number of esters is 1. The maximum atomic E-state index is 12.3. The van der Waals surface area contributed by atoms with E-state index in [4.69, 9.17) is 30.5 Å². The molecule has 2 heterocycles. The molecule has 2 aliphatic heterocycles. The molecular formula is C18H21ClN4O9. The van der Waals surface area contributed by atoms with Gasteiger partial charge in [0.15, 0.2) is 12.0 Å². The number of non-ortho nitro benzene ring substituents is 1. The summed E-state index contributed by atoms with van der Waals surface area (Å²) in [5.74, 6) is -1.70. The predicted molar refractivity (Wildman–Crippen MR) is 108 cm³/mol. The maximum absolute atomic E-state index is 12.3. The number of ether oxygens (including phenoxy) is 4. The Morgan fingerprint density at radius 1 is 1.28 bits per heavy atom. The second kappa shape index (κ2) is 9.73. The molecule has 1 aromatic carbocycles. The molecular weight excluding hydrogens is 452 g/mol. The predicted octanol–water partition coefficient (Wildman–Crippen LogP) is 1.93. The van der Waals surface area contributed by atoms with Gasteiger partial charge in [-0.15, -0.1) is 16.5 Å². The molecule has 2 amide bonds. The summed E-state index contributed by atoms with van der Waals surface area (Å²) < 4.78 is 22.6. The number of rotatable bonds is 8. The van der Waals surface area contributed by atoms with Crippen molar-refractivity contribution in [2.45, 2.75) is 44.2 Å². The van der Waals surface area contributed by atoms with E-state index in [2.05, 4.69) is 10.6 Å². The second-order valence-electron chi connectivity index (χ2n) is 7.41. The van der Waals surface area contributed by atoms with Crippen LogP contribution in [-0.2, 0) is 18.9 Å². The molecule has 1 aromatic rings. The monoisotopic (exact) mass is 472 g/mol. The minimum absolute atomic E-state index is 0.00456. The quantitative estimate of drug-likeness (QED) is 0.196. The number of nitro benzene ring substituents is 1. The summed E-state index contributed by atoms with van der Waals surface area (Å²) in [6.45, 7) is 3.02. The molecule has 3 rings (SSSR count). The molecule has 32 heavy (non-hydrogen) atoms. The second-order valence-corrected chi connectivity index (χ2v) is 7.78. The van der Waals surface area contributed by atoms with Gasteiger partial charge < -0.3 is 24.3 Å². The number of hydrogen-bond donors (Lipinski definition) is 1. The van der Waals surface area contributed by atoms with Crippen LogP contribution in [0.15, 0.2) is 29.6 Å². The van der Waals surface area contributed by atoms with Crippen LogP contribution >= 0.6 is 11.6 Å². The fourth-order valence-electron chi connectivity index (χ4n) is 3.35. The van der Waals surface area contributed by atoms with E-state index in [0.717, 1.165) is 0 Å². The van der Waals surface area contributed by atoms with E-state index in [1.54, 1.807) is 13.8 Å². The lowest BCUT2D eigenvalue weighted by atomic mass is 10.1. The van der Waals surface area contributed by atoms with E-state index in [1.807, 2.05) is 0 Å². The number of halogens is 1. The minimum Gasteiger partial charge on any atom is -0.459 e. The van der Waals surface area contributed by atoms with Crippen molar-refractivity contribution < 1.29 is 33.5 Å². The number of nitrogens with zero attached hydrogens (tertiary/aromatic N) is 3. The van der Waals surface area contributed by atoms with Crippen molar-refractivity contribution in [2.24, 2.45) is 5.29 Å². The molecule has 0 saturated carbocycles. The van der Waals surface area contributed by atoms with E-state index >= 15 is 0 Å². The van der Waals surface area contributed by atoms with E-state index in [-0.39, 0.29) is 30.3 Å². The Morgan fingerprint density at radius 3 is 2.53 bits per heavy atom. The molecule has 0 radical (unpaired) electrons. The standard InChI is InChI=1S/C18H21ClN4O9/c1-18(2)31-13-12(9-29-16(24)10-3-5-11(6-4-10)23(27)28)30-15(14(13)32-18)20-17(25)22(21-26)8-7-19/h3-6,12-15H,7-9H2,1-2H3,(H,20,25)/t12-,13-,14-,15?/m1/s1. The van der Waals surface area contributed by atoms with Crippen molar-refractivity contribution in [3.8, 4) is 0 Å². The van der Waals surface area contributed by atoms with Crippen LogP contribution in [0.2, 0.25) is 0 Å². The van der Waals surface area contributed by atoms with Crippen molar-refractivity contribution in [3.63, 3.8) is 0 Å². The highest BCUT2D eigenvalue weighted by molar-refractivity contribution is 6.18. The average Bonchev–Trinajstić information content (AvgIpc) is 3.23. The van der Waals surface area contributed by atoms with E-state index in [0.29, 0.717) is 5.01 Å². The third-order valence-electron chi connectivity index (χ3n) is 4.74. The smallest absolute Gasteiger partial charge is 0.342 e. The first-order valence-electron chi connectivity index (χ1n) is 9.55. The Morgan fingerprint density at radius 2 is 1.94 bits per heavy atom. The van der Waals surface area contributed by atoms with Crippen LogP contribution in [0.3, 0.4) is 0 Å². The van der Waals surface area contributed by atoms with Crippen LogP contribution < -0.4 is 5.32 Å². The molecule has 14 heteroatoms. The molecule has 0 bridgehead atoms. The summed E-state index contributed by atoms with van der Waals surface area (Å²) >= 11 is 5.55. The summed E-state index contributed by atoms with van der Waals surface area (Å²) in [6, 6.07) is 4.10. The van der Waals surface area contributed by atoms with Gasteiger partial charge in [0.25, 0.3) is 5.69 Å². The SMILES string of the molecule is CC1(C)O[C@@H]2[C@@H](COC(=O)c3ccc([N+](=O)[O-])cc3)OC(NC(=O)N(CCCl)N=O)[C@@H]2O1. The molecule has 2 saturated heterocycles. The molecule has 2 fully saturated rings. The van der Waals surface area contributed by atoms with Crippen molar-refractivity contribution in [3.05, 3.63) is 44.9 Å². The zero-order chi connectivity index (χ0) is 23.5. The molecule has 1 N–H and O–H groups in total. The summed E-state index contributed by atoms with van der Waals surface area (Å²) in [7, 11) is 0. The molecule has 2 aliphatic rings. The van der Waals surface area contributed by atoms with E-state index in [1.165, 1.54) is 24.3 Å². The zero-order valence-corrected chi connectivity index (χ0v) is 17.9. The summed E-state index contributed by atoms with van der Waals surface area (Å²) in [5, 5.41) is 16.4. The number of hydrogen-bond acceptors (Lipinski definition) is 10. The fourth-order valence-corrected chi connectivity index (χ4v) is 3.51. The Kier molecular flexibility index (Phi) is 7.23. The first-order chi connectivity index (χ1) is 15.1. The van der Waals surface area contributed by atoms with Crippen molar-refractivity contribution in [2.75, 3.05) is 19.0 Å². The molecule has 174 valence electrons. The molecule has 1 unspecified atom stereocenters. The van der Waals surface area contributed by atoms with Gasteiger partial charge in [-0.05, 0) is 26.0 Å². The van der Waals surface area contributed by atoms with Crippen molar-refractivity contribution in [1.29, 1.82) is 0 Å². The molecule has 4 atom stereocenters. The van der Waals surface area contributed by atoms with Crippen molar-refractivity contribution >= 4 is 29.3 Å². The van der Waals surface area contributed by atoms with Gasteiger partial charge in [0, 0.05) is 18.0 Å². The van der Waals surface area contributed by atoms with Crippen LogP contribution in [0.25, 0.3) is 0 Å². The molecule has 0 spiro atoms. The number of carbonyl (C=O) groups is 2. The first-order valence-corrected chi connectivity index (χ1v) is 10.1. The van der Waals surface area contributed by atoms with Crippen LogP contribution in [0.4, 0.5) is 10.5 Å². The third-order valence-corrected chi connectivity index (χ3v) is 4.91. The highest BCUT2D eigenvalue weighted by Crippen LogP contribution is 2.38. The number of alkyl halides is 1. The van der Waals surface area contributed by atoms with E-state index in [9.17, 15) is 24.6 Å². The highest BCUT2D eigenvalue weighted by atomic mass is 35.5. The number of nitrogens with one attached hydrogen (secondary N) is 1. The van der Waals surface area contributed by atoms with Crippen LogP contribution in [0.5, 0.6) is 0 Å². The molecule has 0 aliphatic carbocycles. The summed E-state index contributed by atoms with van der Waals surface area (Å²) in [5.41, 5.74) is -0.0402. The number of amides is 2. The zero-order valence-electron chi connectivity index (χ0n) is 17.1. The number of nitro groups is 1. The van der Waals surface area contributed by atoms with Gasteiger partial charge in [0.2, 0.25) is 0 Å². The number of urea groups is 1. The largest absolute Gasteiger partial charge is 0.459 e. The van der Waals surface area contributed by atoms with Crippen molar-refractivity contribution in [1.82, 2.24) is 10.3 Å².